The molecular weight excluding hydrogens is 355 g/mol. The zero-order valence-electron chi connectivity index (χ0n) is 14.6. The molecule has 0 aliphatic carbocycles. The molecule has 0 radical (unpaired) electrons. The molecule has 10 heteroatoms. The predicted molar refractivity (Wildman–Crippen MR) is 84.7 cm³/mol. The molecule has 0 saturated carbocycles. The summed E-state index contributed by atoms with van der Waals surface area (Å²) in [5.41, 5.74) is 0.357. The molecule has 1 unspecified atom stereocenters. The maximum atomic E-state index is 12.6. The Kier molecular flexibility index (Phi) is 5.43. The summed E-state index contributed by atoms with van der Waals surface area (Å²) in [7, 11) is 0. The number of aromatic nitrogens is 2. The van der Waals surface area contributed by atoms with Crippen molar-refractivity contribution in [2.45, 2.75) is 46.5 Å². The summed E-state index contributed by atoms with van der Waals surface area (Å²) in [6, 6.07) is 2.78. The van der Waals surface area contributed by atoms with Crippen molar-refractivity contribution in [2.75, 3.05) is 5.32 Å². The fourth-order valence-corrected chi connectivity index (χ4v) is 2.36. The Morgan fingerprint density at radius 3 is 2.50 bits per heavy atom. The molecule has 0 aliphatic heterocycles. The lowest BCUT2D eigenvalue weighted by Crippen LogP contribution is -2.30. The van der Waals surface area contributed by atoms with Crippen LogP contribution < -0.4 is 5.32 Å². The van der Waals surface area contributed by atoms with Crippen LogP contribution in [0.15, 0.2) is 16.7 Å². The minimum atomic E-state index is -4.42. The minimum absolute atomic E-state index is 0.0244. The lowest BCUT2D eigenvalue weighted by molar-refractivity contribution is -0.141. The summed E-state index contributed by atoms with van der Waals surface area (Å²) in [5.74, 6) is -0.873. The van der Waals surface area contributed by atoms with Gasteiger partial charge in [0.2, 0.25) is 0 Å². The Labute approximate surface area is 147 Å². The van der Waals surface area contributed by atoms with Gasteiger partial charge in [-0.1, -0.05) is 5.16 Å². The molecule has 2 rings (SSSR count). The molecule has 0 spiro atoms. The van der Waals surface area contributed by atoms with E-state index in [0.717, 1.165) is 4.57 Å². The van der Waals surface area contributed by atoms with Gasteiger partial charge in [0, 0.05) is 17.5 Å². The molecule has 7 nitrogen and oxygen atoms in total. The van der Waals surface area contributed by atoms with E-state index in [-0.39, 0.29) is 22.8 Å². The van der Waals surface area contributed by atoms with Crippen LogP contribution >= 0.6 is 0 Å². The van der Waals surface area contributed by atoms with E-state index in [0.29, 0.717) is 5.76 Å². The van der Waals surface area contributed by atoms with E-state index >= 15 is 0 Å². The van der Waals surface area contributed by atoms with Crippen LogP contribution in [0, 0.1) is 20.8 Å². The van der Waals surface area contributed by atoms with Gasteiger partial charge in [-0.25, -0.2) is 4.79 Å². The maximum absolute atomic E-state index is 12.6. The molecule has 142 valence electrons. The van der Waals surface area contributed by atoms with E-state index in [1.54, 1.807) is 6.92 Å². The van der Waals surface area contributed by atoms with Gasteiger partial charge in [-0.05, 0) is 33.8 Å². The van der Waals surface area contributed by atoms with Crippen LogP contribution in [-0.2, 0) is 16.1 Å². The zero-order chi connectivity index (χ0) is 19.6. The Hall–Kier alpha value is -2.78. The Bertz CT molecular complexity index is 823. The number of hydrogen-bond acceptors (Lipinski definition) is 5. The van der Waals surface area contributed by atoms with Gasteiger partial charge in [0.25, 0.3) is 5.91 Å². The standard InChI is InChI=1S/C16H18F3N3O4/c1-8-5-12(10(3)22(8)7-16(17,18)19)15(24)25-11(4)14(23)20-13-6-9(2)26-21-13/h5-6,11H,7H2,1-4H3,(H,20,21,23). The molecule has 2 aromatic rings. The molecule has 0 bridgehead atoms. The van der Waals surface area contributed by atoms with Gasteiger partial charge in [0.1, 0.15) is 12.3 Å². The highest BCUT2D eigenvalue weighted by atomic mass is 19.4. The third-order valence-electron chi connectivity index (χ3n) is 3.66. The lowest BCUT2D eigenvalue weighted by atomic mass is 10.2. The minimum Gasteiger partial charge on any atom is -0.449 e. The predicted octanol–water partition coefficient (Wildman–Crippen LogP) is 3.15. The summed E-state index contributed by atoms with van der Waals surface area (Å²) >= 11 is 0. The SMILES string of the molecule is Cc1cc(NC(=O)C(C)OC(=O)c2cc(C)n(CC(F)(F)F)c2C)no1. The topological polar surface area (TPSA) is 86.4 Å². The third-order valence-corrected chi connectivity index (χ3v) is 3.66. The summed E-state index contributed by atoms with van der Waals surface area (Å²) in [5, 5.41) is 5.99. The Morgan fingerprint density at radius 1 is 1.31 bits per heavy atom. The smallest absolute Gasteiger partial charge is 0.406 e. The zero-order valence-corrected chi connectivity index (χ0v) is 14.6. The largest absolute Gasteiger partial charge is 0.449 e. The van der Waals surface area contributed by atoms with Gasteiger partial charge < -0.3 is 19.1 Å². The number of halogens is 3. The molecule has 0 saturated heterocycles. The lowest BCUT2D eigenvalue weighted by Gasteiger charge is -2.14. The molecule has 1 amide bonds. The number of alkyl halides is 3. The maximum Gasteiger partial charge on any atom is 0.406 e. The van der Waals surface area contributed by atoms with Crippen molar-refractivity contribution < 1.29 is 32.0 Å². The van der Waals surface area contributed by atoms with E-state index in [1.165, 1.54) is 32.9 Å². The van der Waals surface area contributed by atoms with Crippen molar-refractivity contribution >= 4 is 17.7 Å². The second-order valence-electron chi connectivity index (χ2n) is 5.85. The van der Waals surface area contributed by atoms with Gasteiger partial charge in [-0.2, -0.15) is 13.2 Å². The first-order valence-electron chi connectivity index (χ1n) is 7.66. The van der Waals surface area contributed by atoms with Crippen LogP contribution in [0.5, 0.6) is 0 Å². The monoisotopic (exact) mass is 373 g/mol. The third kappa shape index (κ3) is 4.64. The molecule has 0 aromatic carbocycles. The summed E-state index contributed by atoms with van der Waals surface area (Å²) in [4.78, 5) is 24.2. The van der Waals surface area contributed by atoms with Crippen molar-refractivity contribution in [3.05, 3.63) is 34.8 Å². The number of nitrogens with one attached hydrogen (secondary N) is 1. The number of aryl methyl sites for hydroxylation is 2. The average Bonchev–Trinajstić information content (AvgIpc) is 3.03. The Morgan fingerprint density at radius 2 is 1.96 bits per heavy atom. The molecule has 1 atom stereocenters. The second kappa shape index (κ2) is 7.22. The number of amides is 1. The average molecular weight is 373 g/mol. The summed E-state index contributed by atoms with van der Waals surface area (Å²) < 4.78 is 48.7. The normalized spacial score (nSPS) is 12.7. The molecule has 2 aromatic heterocycles. The molecule has 1 N–H and O–H groups in total. The fraction of sp³-hybridized carbons (Fsp3) is 0.438. The van der Waals surface area contributed by atoms with Crippen LogP contribution in [0.25, 0.3) is 0 Å². The number of carbonyl (C=O) groups is 2. The van der Waals surface area contributed by atoms with E-state index in [9.17, 15) is 22.8 Å². The quantitative estimate of drug-likeness (QED) is 0.814. The summed E-state index contributed by atoms with van der Waals surface area (Å²) in [6.07, 6.45) is -5.59. The highest BCUT2D eigenvalue weighted by Crippen LogP contribution is 2.23. The molecule has 26 heavy (non-hydrogen) atoms. The van der Waals surface area contributed by atoms with Gasteiger partial charge in [0.05, 0.1) is 5.56 Å². The first-order chi connectivity index (χ1) is 12.0. The van der Waals surface area contributed by atoms with E-state index in [2.05, 4.69) is 10.5 Å². The number of carbonyl (C=O) groups excluding carboxylic acids is 2. The second-order valence-corrected chi connectivity index (χ2v) is 5.85. The van der Waals surface area contributed by atoms with Crippen molar-refractivity contribution in [2.24, 2.45) is 0 Å². The van der Waals surface area contributed by atoms with Crippen molar-refractivity contribution in [3.63, 3.8) is 0 Å². The number of nitrogens with zero attached hydrogens (tertiary/aromatic N) is 2. The van der Waals surface area contributed by atoms with Gasteiger partial charge in [-0.3, -0.25) is 4.79 Å². The van der Waals surface area contributed by atoms with Gasteiger partial charge in [-0.15, -0.1) is 0 Å². The summed E-state index contributed by atoms with van der Waals surface area (Å²) in [6.45, 7) is 4.62. The number of ether oxygens (including phenoxy) is 1. The van der Waals surface area contributed by atoms with Crippen molar-refractivity contribution in [1.29, 1.82) is 0 Å². The van der Waals surface area contributed by atoms with Gasteiger partial charge >= 0.3 is 12.1 Å². The Balaban J connectivity index is 2.07. The molecule has 0 aliphatic rings. The van der Waals surface area contributed by atoms with Crippen molar-refractivity contribution in [3.8, 4) is 0 Å². The van der Waals surface area contributed by atoms with E-state index in [4.69, 9.17) is 9.26 Å². The fourth-order valence-electron chi connectivity index (χ4n) is 2.36. The number of rotatable bonds is 5. The van der Waals surface area contributed by atoms with Gasteiger partial charge in [0.15, 0.2) is 11.9 Å². The van der Waals surface area contributed by atoms with Crippen molar-refractivity contribution in [1.82, 2.24) is 9.72 Å². The van der Waals surface area contributed by atoms with Crippen LogP contribution in [-0.4, -0.2) is 33.9 Å². The van der Waals surface area contributed by atoms with E-state index < -0.39 is 30.7 Å². The van der Waals surface area contributed by atoms with Crippen LogP contribution in [0.1, 0.15) is 34.4 Å². The molecule has 0 fully saturated rings. The van der Waals surface area contributed by atoms with E-state index in [1.807, 2.05) is 0 Å². The highest BCUT2D eigenvalue weighted by molar-refractivity contribution is 5.97. The van der Waals surface area contributed by atoms with Crippen LogP contribution in [0.3, 0.4) is 0 Å². The number of anilines is 1. The van der Waals surface area contributed by atoms with Crippen LogP contribution in [0.2, 0.25) is 0 Å². The first-order valence-corrected chi connectivity index (χ1v) is 7.66. The number of esters is 1. The highest BCUT2D eigenvalue weighted by Gasteiger charge is 2.31. The number of hydrogen-bond donors (Lipinski definition) is 1. The van der Waals surface area contributed by atoms with Crippen LogP contribution in [0.4, 0.5) is 19.0 Å². The molecule has 2 heterocycles. The first kappa shape index (κ1) is 19.5. The molecular formula is C16H18F3N3O4.